The van der Waals surface area contributed by atoms with Gasteiger partial charge in [-0.2, -0.15) is 0 Å². The largest absolute Gasteiger partial charge is 0.399 e. The van der Waals surface area contributed by atoms with Crippen LogP contribution in [0.3, 0.4) is 0 Å². The molecule has 0 unspecified atom stereocenters. The third-order valence-corrected chi connectivity index (χ3v) is 2.97. The van der Waals surface area contributed by atoms with Crippen LogP contribution in [-0.2, 0) is 6.42 Å². The van der Waals surface area contributed by atoms with Crippen LogP contribution in [0, 0.1) is 6.92 Å². The standard InChI is InChI=1S/C11H12N2S/c1-8-6-10(12)3-2-9(8)7-11-13-4-5-14-11/h2-6H,7,12H2,1H3. The number of nitrogens with two attached hydrogens (primary N) is 1. The van der Waals surface area contributed by atoms with Gasteiger partial charge in [-0.15, -0.1) is 11.3 Å². The lowest BCUT2D eigenvalue weighted by molar-refractivity contribution is 1.11. The molecule has 0 fully saturated rings. The molecule has 0 amide bonds. The van der Waals surface area contributed by atoms with E-state index < -0.39 is 0 Å². The fourth-order valence-electron chi connectivity index (χ4n) is 1.42. The summed E-state index contributed by atoms with van der Waals surface area (Å²) in [5, 5.41) is 3.15. The number of thiazole rings is 1. The van der Waals surface area contributed by atoms with E-state index in [4.69, 9.17) is 5.73 Å². The highest BCUT2D eigenvalue weighted by Crippen LogP contribution is 2.17. The molecule has 1 aromatic heterocycles. The Kier molecular flexibility index (Phi) is 2.50. The maximum Gasteiger partial charge on any atom is 0.0968 e. The maximum atomic E-state index is 5.69. The van der Waals surface area contributed by atoms with E-state index in [1.807, 2.05) is 23.7 Å². The summed E-state index contributed by atoms with van der Waals surface area (Å²) in [6.45, 7) is 2.08. The highest BCUT2D eigenvalue weighted by atomic mass is 32.1. The molecule has 0 bridgehead atoms. The lowest BCUT2D eigenvalue weighted by Crippen LogP contribution is -1.93. The highest BCUT2D eigenvalue weighted by molar-refractivity contribution is 7.09. The molecule has 1 heterocycles. The fraction of sp³-hybridized carbons (Fsp3) is 0.182. The molecule has 0 saturated carbocycles. The van der Waals surface area contributed by atoms with Crippen molar-refractivity contribution < 1.29 is 0 Å². The molecule has 14 heavy (non-hydrogen) atoms. The van der Waals surface area contributed by atoms with Crippen LogP contribution in [-0.4, -0.2) is 4.98 Å². The van der Waals surface area contributed by atoms with Gasteiger partial charge in [-0.1, -0.05) is 6.07 Å². The summed E-state index contributed by atoms with van der Waals surface area (Å²) < 4.78 is 0. The first kappa shape index (κ1) is 9.21. The predicted molar refractivity (Wildman–Crippen MR) is 60.5 cm³/mol. The Morgan fingerprint density at radius 2 is 2.29 bits per heavy atom. The zero-order valence-electron chi connectivity index (χ0n) is 8.03. The average molecular weight is 204 g/mol. The first-order valence-corrected chi connectivity index (χ1v) is 5.37. The van der Waals surface area contributed by atoms with Crippen molar-refractivity contribution in [3.63, 3.8) is 0 Å². The minimum absolute atomic E-state index is 0.824. The Balaban J connectivity index is 2.25. The van der Waals surface area contributed by atoms with Crippen LogP contribution in [0.5, 0.6) is 0 Å². The molecule has 2 N–H and O–H groups in total. The van der Waals surface area contributed by atoms with Gasteiger partial charge in [-0.25, -0.2) is 4.98 Å². The van der Waals surface area contributed by atoms with Gasteiger partial charge in [0.1, 0.15) is 0 Å². The summed E-state index contributed by atoms with van der Waals surface area (Å²) in [6, 6.07) is 6.02. The third kappa shape index (κ3) is 1.93. The minimum Gasteiger partial charge on any atom is -0.399 e. The second kappa shape index (κ2) is 3.80. The highest BCUT2D eigenvalue weighted by Gasteiger charge is 2.01. The number of nitrogens with zero attached hydrogens (tertiary/aromatic N) is 1. The molecule has 0 aliphatic rings. The van der Waals surface area contributed by atoms with E-state index in [9.17, 15) is 0 Å². The molecule has 0 saturated heterocycles. The van der Waals surface area contributed by atoms with Gasteiger partial charge in [0, 0.05) is 23.7 Å². The molecule has 0 atom stereocenters. The third-order valence-electron chi connectivity index (χ3n) is 2.19. The average Bonchev–Trinajstić information content (AvgIpc) is 2.62. The second-order valence-electron chi connectivity index (χ2n) is 3.29. The zero-order chi connectivity index (χ0) is 9.97. The van der Waals surface area contributed by atoms with Crippen molar-refractivity contribution in [3.05, 3.63) is 45.9 Å². The fourth-order valence-corrected chi connectivity index (χ4v) is 2.06. The van der Waals surface area contributed by atoms with Crippen LogP contribution in [0.1, 0.15) is 16.1 Å². The van der Waals surface area contributed by atoms with E-state index in [1.165, 1.54) is 11.1 Å². The van der Waals surface area contributed by atoms with Crippen LogP contribution in [0.2, 0.25) is 0 Å². The van der Waals surface area contributed by atoms with Crippen molar-refractivity contribution >= 4 is 17.0 Å². The van der Waals surface area contributed by atoms with E-state index in [2.05, 4.69) is 18.0 Å². The minimum atomic E-state index is 0.824. The Morgan fingerprint density at radius 1 is 1.43 bits per heavy atom. The van der Waals surface area contributed by atoms with Crippen molar-refractivity contribution in [3.8, 4) is 0 Å². The van der Waals surface area contributed by atoms with E-state index in [0.29, 0.717) is 0 Å². The number of aryl methyl sites for hydroxylation is 1. The number of nitrogen functional groups attached to an aromatic ring is 1. The lowest BCUT2D eigenvalue weighted by atomic mass is 10.1. The molecule has 72 valence electrons. The molecule has 0 radical (unpaired) electrons. The van der Waals surface area contributed by atoms with Crippen molar-refractivity contribution in [1.29, 1.82) is 0 Å². The molecular weight excluding hydrogens is 192 g/mol. The molecule has 1 aromatic carbocycles. The van der Waals surface area contributed by atoms with E-state index in [0.717, 1.165) is 17.1 Å². The number of aromatic nitrogens is 1. The van der Waals surface area contributed by atoms with Gasteiger partial charge in [0.15, 0.2) is 0 Å². The van der Waals surface area contributed by atoms with Crippen molar-refractivity contribution in [2.45, 2.75) is 13.3 Å². The zero-order valence-corrected chi connectivity index (χ0v) is 8.84. The molecule has 3 heteroatoms. The second-order valence-corrected chi connectivity index (χ2v) is 4.27. The van der Waals surface area contributed by atoms with Gasteiger partial charge in [-0.05, 0) is 30.2 Å². The summed E-state index contributed by atoms with van der Waals surface area (Å²) in [4.78, 5) is 4.26. The Morgan fingerprint density at radius 3 is 2.93 bits per heavy atom. The van der Waals surface area contributed by atoms with E-state index >= 15 is 0 Å². The summed E-state index contributed by atoms with van der Waals surface area (Å²) in [5.74, 6) is 0. The van der Waals surface area contributed by atoms with Crippen molar-refractivity contribution in [2.24, 2.45) is 0 Å². The van der Waals surface area contributed by atoms with Crippen LogP contribution in [0.25, 0.3) is 0 Å². The number of benzene rings is 1. The van der Waals surface area contributed by atoms with E-state index in [-0.39, 0.29) is 0 Å². The lowest BCUT2D eigenvalue weighted by Gasteiger charge is -2.04. The molecular formula is C11H12N2S. The van der Waals surface area contributed by atoms with Gasteiger partial charge in [-0.3, -0.25) is 0 Å². The van der Waals surface area contributed by atoms with Crippen LogP contribution in [0.4, 0.5) is 5.69 Å². The monoisotopic (exact) mass is 204 g/mol. The number of hydrogen-bond donors (Lipinski definition) is 1. The molecule has 0 aliphatic heterocycles. The van der Waals surface area contributed by atoms with Crippen LogP contribution < -0.4 is 5.73 Å². The van der Waals surface area contributed by atoms with Gasteiger partial charge >= 0.3 is 0 Å². The maximum absolute atomic E-state index is 5.69. The van der Waals surface area contributed by atoms with Gasteiger partial charge in [0.2, 0.25) is 0 Å². The number of anilines is 1. The quantitative estimate of drug-likeness (QED) is 0.764. The summed E-state index contributed by atoms with van der Waals surface area (Å²) in [5.41, 5.74) is 9.05. The summed E-state index contributed by atoms with van der Waals surface area (Å²) in [6.07, 6.45) is 2.75. The molecule has 2 nitrogen and oxygen atoms in total. The topological polar surface area (TPSA) is 38.9 Å². The van der Waals surface area contributed by atoms with E-state index in [1.54, 1.807) is 11.3 Å². The Hall–Kier alpha value is -1.35. The van der Waals surface area contributed by atoms with Gasteiger partial charge < -0.3 is 5.73 Å². The normalized spacial score (nSPS) is 10.4. The first-order chi connectivity index (χ1) is 6.75. The first-order valence-electron chi connectivity index (χ1n) is 4.49. The smallest absolute Gasteiger partial charge is 0.0968 e. The predicted octanol–water partition coefficient (Wildman–Crippen LogP) is 2.62. The molecule has 2 rings (SSSR count). The molecule has 0 spiro atoms. The van der Waals surface area contributed by atoms with Crippen LogP contribution in [0.15, 0.2) is 29.8 Å². The number of hydrogen-bond acceptors (Lipinski definition) is 3. The SMILES string of the molecule is Cc1cc(N)ccc1Cc1nccs1. The van der Waals surface area contributed by atoms with Gasteiger partial charge in [0.25, 0.3) is 0 Å². The number of rotatable bonds is 2. The molecule has 0 aliphatic carbocycles. The van der Waals surface area contributed by atoms with Crippen LogP contribution >= 0.6 is 11.3 Å². The Bertz CT molecular complexity index is 421. The van der Waals surface area contributed by atoms with Gasteiger partial charge in [0.05, 0.1) is 5.01 Å². The van der Waals surface area contributed by atoms with Crippen molar-refractivity contribution in [1.82, 2.24) is 4.98 Å². The Labute approximate surface area is 87.4 Å². The summed E-state index contributed by atoms with van der Waals surface area (Å²) in [7, 11) is 0. The van der Waals surface area contributed by atoms with Crippen molar-refractivity contribution in [2.75, 3.05) is 5.73 Å². The summed E-state index contributed by atoms with van der Waals surface area (Å²) >= 11 is 1.69. The molecule has 2 aromatic rings.